The molecule has 1 fully saturated rings. The number of hydrogen-bond donors (Lipinski definition) is 0. The fraction of sp³-hybridized carbons (Fsp3) is 0.571. The summed E-state index contributed by atoms with van der Waals surface area (Å²) >= 11 is 3.52. The van der Waals surface area contributed by atoms with E-state index in [0.29, 0.717) is 11.5 Å². The van der Waals surface area contributed by atoms with Crippen molar-refractivity contribution >= 4 is 15.9 Å². The molecule has 18 heavy (non-hydrogen) atoms. The van der Waals surface area contributed by atoms with Gasteiger partial charge in [-0.25, -0.2) is 8.78 Å². The normalized spacial score (nSPS) is 33.7. The SMILES string of the molecule is CC1OC(C)C(C(Br)c2cc(F)ccc2F)C1C. The van der Waals surface area contributed by atoms with Crippen LogP contribution in [0.5, 0.6) is 0 Å². The quantitative estimate of drug-likeness (QED) is 0.731. The Morgan fingerprint density at radius 3 is 2.39 bits per heavy atom. The van der Waals surface area contributed by atoms with Crippen molar-refractivity contribution in [2.45, 2.75) is 37.8 Å². The van der Waals surface area contributed by atoms with Gasteiger partial charge in [0.15, 0.2) is 0 Å². The zero-order valence-corrected chi connectivity index (χ0v) is 12.2. The van der Waals surface area contributed by atoms with E-state index in [9.17, 15) is 8.78 Å². The molecule has 1 aromatic rings. The molecule has 1 aliphatic heterocycles. The predicted molar refractivity (Wildman–Crippen MR) is 70.7 cm³/mol. The number of hydrogen-bond acceptors (Lipinski definition) is 1. The highest BCUT2D eigenvalue weighted by Gasteiger charge is 2.42. The van der Waals surface area contributed by atoms with Gasteiger partial charge in [0.2, 0.25) is 0 Å². The minimum atomic E-state index is -0.414. The molecule has 0 aromatic heterocycles. The van der Waals surface area contributed by atoms with Crippen LogP contribution >= 0.6 is 15.9 Å². The van der Waals surface area contributed by atoms with Crippen LogP contribution in [-0.4, -0.2) is 12.2 Å². The molecule has 2 rings (SSSR count). The van der Waals surface area contributed by atoms with Crippen LogP contribution in [-0.2, 0) is 4.74 Å². The summed E-state index contributed by atoms with van der Waals surface area (Å²) in [6.07, 6.45) is 0.170. The summed E-state index contributed by atoms with van der Waals surface area (Å²) in [6.45, 7) is 6.09. The monoisotopic (exact) mass is 318 g/mol. The Balaban J connectivity index is 2.30. The van der Waals surface area contributed by atoms with Crippen LogP contribution in [0.1, 0.15) is 31.2 Å². The van der Waals surface area contributed by atoms with Crippen molar-refractivity contribution < 1.29 is 13.5 Å². The van der Waals surface area contributed by atoms with Gasteiger partial charge in [-0.2, -0.15) is 0 Å². The second kappa shape index (κ2) is 5.25. The summed E-state index contributed by atoms with van der Waals surface area (Å²) in [5, 5.41) is 0. The van der Waals surface area contributed by atoms with Crippen LogP contribution < -0.4 is 0 Å². The second-order valence-electron chi connectivity index (χ2n) is 5.05. The number of halogens is 3. The van der Waals surface area contributed by atoms with Crippen molar-refractivity contribution in [2.24, 2.45) is 11.8 Å². The summed E-state index contributed by atoms with van der Waals surface area (Å²) in [5.41, 5.74) is 0.372. The van der Waals surface area contributed by atoms with Gasteiger partial charge in [0, 0.05) is 16.3 Å². The lowest BCUT2D eigenvalue weighted by atomic mass is 9.84. The molecule has 0 aliphatic carbocycles. The van der Waals surface area contributed by atoms with Gasteiger partial charge in [0.05, 0.1) is 12.2 Å². The van der Waals surface area contributed by atoms with Crippen molar-refractivity contribution in [2.75, 3.05) is 0 Å². The molecule has 0 N–H and O–H groups in total. The molecule has 0 saturated carbocycles. The number of benzene rings is 1. The van der Waals surface area contributed by atoms with Gasteiger partial charge in [0.25, 0.3) is 0 Å². The first kappa shape index (κ1) is 13.9. The van der Waals surface area contributed by atoms with Gasteiger partial charge in [-0.1, -0.05) is 22.9 Å². The third-order valence-corrected chi connectivity index (χ3v) is 5.02. The minimum Gasteiger partial charge on any atom is -0.375 e. The minimum absolute atomic E-state index is 0.0297. The molecular weight excluding hydrogens is 302 g/mol. The van der Waals surface area contributed by atoms with Gasteiger partial charge < -0.3 is 4.74 Å². The summed E-state index contributed by atoms with van der Waals surface area (Å²) in [7, 11) is 0. The molecule has 1 heterocycles. The highest BCUT2D eigenvalue weighted by atomic mass is 79.9. The van der Waals surface area contributed by atoms with E-state index < -0.39 is 5.82 Å². The standard InChI is InChI=1S/C14H17BrF2O/c1-7-8(2)18-9(3)13(7)14(15)11-6-10(16)4-5-12(11)17/h4-9,13-14H,1-3H3. The van der Waals surface area contributed by atoms with Crippen molar-refractivity contribution in [1.82, 2.24) is 0 Å². The van der Waals surface area contributed by atoms with Crippen LogP contribution in [0.25, 0.3) is 0 Å². The topological polar surface area (TPSA) is 9.23 Å². The number of rotatable bonds is 2. The van der Waals surface area contributed by atoms with Crippen molar-refractivity contribution in [3.63, 3.8) is 0 Å². The van der Waals surface area contributed by atoms with E-state index in [0.717, 1.165) is 6.07 Å². The van der Waals surface area contributed by atoms with Gasteiger partial charge in [0.1, 0.15) is 11.6 Å². The molecule has 0 spiro atoms. The molecule has 1 saturated heterocycles. The molecule has 0 amide bonds. The average molecular weight is 319 g/mol. The van der Waals surface area contributed by atoms with E-state index in [2.05, 4.69) is 22.9 Å². The van der Waals surface area contributed by atoms with Gasteiger partial charge in [-0.15, -0.1) is 0 Å². The maximum absolute atomic E-state index is 13.8. The molecule has 1 nitrogen and oxygen atoms in total. The second-order valence-corrected chi connectivity index (χ2v) is 6.04. The molecule has 5 atom stereocenters. The lowest BCUT2D eigenvalue weighted by Crippen LogP contribution is -2.22. The van der Waals surface area contributed by atoms with E-state index in [-0.39, 0.29) is 28.8 Å². The van der Waals surface area contributed by atoms with E-state index in [1.165, 1.54) is 12.1 Å². The molecule has 0 bridgehead atoms. The molecular formula is C14H17BrF2O. The summed E-state index contributed by atoms with van der Waals surface area (Å²) in [5.74, 6) is -0.358. The summed E-state index contributed by atoms with van der Waals surface area (Å²) in [6, 6.07) is 3.57. The Labute approximate surface area is 115 Å². The van der Waals surface area contributed by atoms with Crippen LogP contribution in [0.15, 0.2) is 18.2 Å². The first-order valence-corrected chi connectivity index (χ1v) is 7.08. The molecule has 1 aliphatic rings. The predicted octanol–water partition coefficient (Wildman–Crippen LogP) is 4.46. The Kier molecular flexibility index (Phi) is 4.07. The molecule has 0 radical (unpaired) electrons. The molecule has 100 valence electrons. The Bertz CT molecular complexity index is 438. The zero-order chi connectivity index (χ0) is 13.4. The maximum Gasteiger partial charge on any atom is 0.127 e. The Morgan fingerprint density at radius 1 is 1.17 bits per heavy atom. The van der Waals surface area contributed by atoms with Gasteiger partial charge in [-0.05, 0) is 38.0 Å². The fourth-order valence-electron chi connectivity index (χ4n) is 2.73. The highest BCUT2D eigenvalue weighted by molar-refractivity contribution is 9.09. The van der Waals surface area contributed by atoms with E-state index in [1.807, 2.05) is 13.8 Å². The van der Waals surface area contributed by atoms with Crippen LogP contribution in [0, 0.1) is 23.5 Å². The third kappa shape index (κ3) is 2.45. The smallest absolute Gasteiger partial charge is 0.127 e. The molecule has 1 aromatic carbocycles. The van der Waals surface area contributed by atoms with E-state index in [1.54, 1.807) is 0 Å². The fourth-order valence-corrected chi connectivity index (χ4v) is 3.99. The largest absolute Gasteiger partial charge is 0.375 e. The number of ether oxygens (including phenoxy) is 1. The summed E-state index contributed by atoms with van der Waals surface area (Å²) in [4.78, 5) is -0.233. The maximum atomic E-state index is 13.8. The van der Waals surface area contributed by atoms with Gasteiger partial charge >= 0.3 is 0 Å². The lowest BCUT2D eigenvalue weighted by molar-refractivity contribution is 0.0510. The van der Waals surface area contributed by atoms with Crippen LogP contribution in [0.2, 0.25) is 0 Å². The third-order valence-electron chi connectivity index (χ3n) is 3.91. The summed E-state index contributed by atoms with van der Waals surface area (Å²) < 4.78 is 32.8. The first-order valence-electron chi connectivity index (χ1n) is 6.16. The van der Waals surface area contributed by atoms with E-state index >= 15 is 0 Å². The van der Waals surface area contributed by atoms with Gasteiger partial charge in [-0.3, -0.25) is 0 Å². The van der Waals surface area contributed by atoms with E-state index in [4.69, 9.17) is 4.74 Å². The molecule has 4 heteroatoms. The highest BCUT2D eigenvalue weighted by Crippen LogP contribution is 2.45. The van der Waals surface area contributed by atoms with Crippen LogP contribution in [0.4, 0.5) is 8.78 Å². The lowest BCUT2D eigenvalue weighted by Gasteiger charge is -2.25. The van der Waals surface area contributed by atoms with Crippen molar-refractivity contribution in [1.29, 1.82) is 0 Å². The first-order chi connectivity index (χ1) is 8.41. The Morgan fingerprint density at radius 2 is 1.83 bits per heavy atom. The average Bonchev–Trinajstić information content (AvgIpc) is 2.56. The van der Waals surface area contributed by atoms with Crippen LogP contribution in [0.3, 0.4) is 0 Å². The van der Waals surface area contributed by atoms with Crippen molar-refractivity contribution in [3.8, 4) is 0 Å². The molecule has 5 unspecified atom stereocenters. The Hall–Kier alpha value is -0.480. The van der Waals surface area contributed by atoms with Crippen molar-refractivity contribution in [3.05, 3.63) is 35.4 Å². The number of alkyl halides is 1. The zero-order valence-electron chi connectivity index (χ0n) is 10.7.